The summed E-state index contributed by atoms with van der Waals surface area (Å²) in [5.74, 6) is 1.49. The number of piperidine rings is 1. The Morgan fingerprint density at radius 3 is 2.43 bits per heavy atom. The molecule has 6 atom stereocenters. The molecule has 2 aliphatic carbocycles. The van der Waals surface area contributed by atoms with E-state index in [1.807, 2.05) is 0 Å². The summed E-state index contributed by atoms with van der Waals surface area (Å²) in [4.78, 5) is 0. The van der Waals surface area contributed by atoms with Gasteiger partial charge in [-0.05, 0) is 70.1 Å². The summed E-state index contributed by atoms with van der Waals surface area (Å²) in [6.45, 7) is 6.05. The zero-order valence-electron chi connectivity index (χ0n) is 18.5. The van der Waals surface area contributed by atoms with Crippen LogP contribution in [0.2, 0.25) is 0 Å². The van der Waals surface area contributed by atoms with Crippen LogP contribution >= 0.6 is 0 Å². The molecule has 4 fully saturated rings. The molecular formula is C22H43FN6O. The van der Waals surface area contributed by atoms with Crippen molar-refractivity contribution in [1.29, 1.82) is 0 Å². The van der Waals surface area contributed by atoms with Gasteiger partial charge in [-0.3, -0.25) is 26.6 Å². The van der Waals surface area contributed by atoms with Gasteiger partial charge in [0.2, 0.25) is 0 Å². The maximum atomic E-state index is 13.5. The Hall–Kier alpha value is -0.350. The monoisotopic (exact) mass is 426 g/mol. The van der Waals surface area contributed by atoms with E-state index in [1.165, 1.54) is 12.8 Å². The lowest BCUT2D eigenvalue weighted by Crippen LogP contribution is -2.66. The van der Waals surface area contributed by atoms with Crippen LogP contribution in [0.4, 0.5) is 4.39 Å². The van der Waals surface area contributed by atoms with Crippen molar-refractivity contribution >= 4 is 0 Å². The molecule has 2 aliphatic heterocycles. The largest absolute Gasteiger partial charge is 0.378 e. The van der Waals surface area contributed by atoms with Crippen LogP contribution in [0.15, 0.2) is 0 Å². The van der Waals surface area contributed by atoms with E-state index in [9.17, 15) is 9.50 Å². The second-order valence-corrected chi connectivity index (χ2v) is 10.1. The number of aliphatic hydroxyl groups is 1. The maximum Gasteiger partial charge on any atom is 0.107 e. The number of aliphatic hydroxyl groups excluding tert-OH is 1. The van der Waals surface area contributed by atoms with E-state index in [1.54, 1.807) is 0 Å². The number of nitrogens with one attached hydrogen (secondary N) is 6. The minimum absolute atomic E-state index is 0.143. The standard InChI is InChI=1S/C22H43FN6O/c1-14(16-4-6-18(23)7-5-16)27-19-10-17(22(30)26-12-15-2-3-15)11-20(28-19)29-21-13-24-8-9-25-21/h14-22,24-30H,2-13H2,1H3/t14-,16?,17?,18?,19?,20?,21-,22?/m0/s1. The summed E-state index contributed by atoms with van der Waals surface area (Å²) < 4.78 is 13.5. The molecule has 0 amide bonds. The average molecular weight is 427 g/mol. The van der Waals surface area contributed by atoms with Crippen LogP contribution in [0.3, 0.4) is 0 Å². The first-order valence-corrected chi connectivity index (χ1v) is 12.3. The van der Waals surface area contributed by atoms with Gasteiger partial charge >= 0.3 is 0 Å². The zero-order valence-corrected chi connectivity index (χ0v) is 18.5. The molecule has 7 nitrogen and oxygen atoms in total. The molecule has 0 spiro atoms. The van der Waals surface area contributed by atoms with Gasteiger partial charge in [0.1, 0.15) is 12.4 Å². The highest BCUT2D eigenvalue weighted by Crippen LogP contribution is 2.30. The number of alkyl halides is 1. The second-order valence-electron chi connectivity index (χ2n) is 10.1. The van der Waals surface area contributed by atoms with Crippen molar-refractivity contribution < 1.29 is 9.50 Å². The molecule has 7 N–H and O–H groups in total. The highest BCUT2D eigenvalue weighted by atomic mass is 19.1. The second kappa shape index (κ2) is 11.0. The van der Waals surface area contributed by atoms with Crippen LogP contribution in [-0.2, 0) is 0 Å². The highest BCUT2D eigenvalue weighted by Gasteiger charge is 2.35. The Balaban J connectivity index is 1.32. The van der Waals surface area contributed by atoms with Crippen molar-refractivity contribution in [2.75, 3.05) is 26.2 Å². The fourth-order valence-electron chi connectivity index (χ4n) is 5.39. The summed E-state index contributed by atoms with van der Waals surface area (Å²) in [6, 6.07) is 0.348. The van der Waals surface area contributed by atoms with E-state index in [0.29, 0.717) is 24.8 Å². The van der Waals surface area contributed by atoms with Crippen molar-refractivity contribution in [1.82, 2.24) is 31.9 Å². The average Bonchev–Trinajstić information content (AvgIpc) is 3.57. The van der Waals surface area contributed by atoms with Crippen LogP contribution in [0.25, 0.3) is 0 Å². The molecular weight excluding hydrogens is 383 g/mol. The van der Waals surface area contributed by atoms with E-state index < -0.39 is 12.4 Å². The Labute approximate surface area is 181 Å². The fraction of sp³-hybridized carbons (Fsp3) is 1.00. The Kier molecular flexibility index (Phi) is 8.36. The van der Waals surface area contributed by atoms with Gasteiger partial charge in [-0.1, -0.05) is 0 Å². The molecule has 0 radical (unpaired) electrons. The molecule has 2 saturated carbocycles. The molecule has 4 unspecified atom stereocenters. The van der Waals surface area contributed by atoms with Gasteiger partial charge in [0.05, 0.1) is 18.5 Å². The first-order chi connectivity index (χ1) is 14.6. The smallest absolute Gasteiger partial charge is 0.107 e. The topological polar surface area (TPSA) is 92.4 Å². The van der Waals surface area contributed by atoms with E-state index in [-0.39, 0.29) is 24.4 Å². The Bertz CT molecular complexity index is 510. The third kappa shape index (κ3) is 6.82. The van der Waals surface area contributed by atoms with Gasteiger partial charge in [-0.25, -0.2) is 4.39 Å². The molecule has 174 valence electrons. The van der Waals surface area contributed by atoms with Crippen molar-refractivity contribution in [2.45, 2.75) is 95.2 Å². The van der Waals surface area contributed by atoms with Gasteiger partial charge < -0.3 is 10.4 Å². The van der Waals surface area contributed by atoms with Crippen molar-refractivity contribution in [3.63, 3.8) is 0 Å². The summed E-state index contributed by atoms with van der Waals surface area (Å²) in [6.07, 6.45) is 7.18. The van der Waals surface area contributed by atoms with Crippen LogP contribution in [0.1, 0.15) is 58.3 Å². The minimum Gasteiger partial charge on any atom is -0.378 e. The van der Waals surface area contributed by atoms with Crippen molar-refractivity contribution in [2.24, 2.45) is 17.8 Å². The van der Waals surface area contributed by atoms with Crippen LogP contribution in [0.5, 0.6) is 0 Å². The first kappa shape index (κ1) is 22.8. The van der Waals surface area contributed by atoms with E-state index >= 15 is 0 Å². The van der Waals surface area contributed by atoms with Crippen LogP contribution < -0.4 is 31.9 Å². The molecule has 2 heterocycles. The molecule has 8 heteroatoms. The highest BCUT2D eigenvalue weighted by molar-refractivity contribution is 4.91. The lowest BCUT2D eigenvalue weighted by Gasteiger charge is -2.43. The number of rotatable bonds is 9. The molecule has 2 saturated heterocycles. The summed E-state index contributed by atoms with van der Waals surface area (Å²) in [5, 5.41) is 32.4. The van der Waals surface area contributed by atoms with E-state index in [4.69, 9.17) is 0 Å². The summed E-state index contributed by atoms with van der Waals surface area (Å²) >= 11 is 0. The third-order valence-electron chi connectivity index (χ3n) is 7.55. The normalized spacial score (nSPS) is 40.1. The SMILES string of the molecule is C[C@H](NC1CC(C(O)NCC2CC2)CC(N[C@H]2CNCCN2)N1)C1CCC(F)CC1. The number of halogens is 1. The Morgan fingerprint density at radius 1 is 0.967 bits per heavy atom. The van der Waals surface area contributed by atoms with Gasteiger partial charge in [0, 0.05) is 38.1 Å². The third-order valence-corrected chi connectivity index (χ3v) is 7.55. The lowest BCUT2D eigenvalue weighted by molar-refractivity contribution is 0.0233. The molecule has 0 aromatic rings. The van der Waals surface area contributed by atoms with E-state index in [2.05, 4.69) is 38.8 Å². The predicted molar refractivity (Wildman–Crippen MR) is 117 cm³/mol. The summed E-state index contributed by atoms with van der Waals surface area (Å²) in [5.41, 5.74) is 0. The lowest BCUT2D eigenvalue weighted by atomic mass is 9.83. The quantitative estimate of drug-likeness (QED) is 0.271. The van der Waals surface area contributed by atoms with Gasteiger partial charge in [0.25, 0.3) is 0 Å². The Morgan fingerprint density at radius 2 is 1.73 bits per heavy atom. The van der Waals surface area contributed by atoms with Gasteiger partial charge in [0.15, 0.2) is 0 Å². The maximum absolute atomic E-state index is 13.5. The predicted octanol–water partition coefficient (Wildman–Crippen LogP) is 0.571. The number of hydrogen-bond acceptors (Lipinski definition) is 7. The van der Waals surface area contributed by atoms with Gasteiger partial charge in [-0.2, -0.15) is 0 Å². The first-order valence-electron chi connectivity index (χ1n) is 12.3. The summed E-state index contributed by atoms with van der Waals surface area (Å²) in [7, 11) is 0. The number of hydrogen-bond donors (Lipinski definition) is 7. The molecule has 30 heavy (non-hydrogen) atoms. The van der Waals surface area contributed by atoms with Gasteiger partial charge in [-0.15, -0.1) is 0 Å². The molecule has 0 bridgehead atoms. The molecule has 4 rings (SSSR count). The minimum atomic E-state index is -0.608. The van der Waals surface area contributed by atoms with Crippen LogP contribution in [-0.4, -0.2) is 68.2 Å². The molecule has 0 aromatic carbocycles. The fourth-order valence-corrected chi connectivity index (χ4v) is 5.39. The van der Waals surface area contributed by atoms with E-state index in [0.717, 1.165) is 57.8 Å². The number of piperazine rings is 1. The molecule has 4 aliphatic rings. The molecule has 0 aromatic heterocycles. The van der Waals surface area contributed by atoms with Crippen LogP contribution in [0, 0.1) is 17.8 Å². The van der Waals surface area contributed by atoms with Crippen molar-refractivity contribution in [3.8, 4) is 0 Å². The zero-order chi connectivity index (χ0) is 20.9. The van der Waals surface area contributed by atoms with Crippen molar-refractivity contribution in [3.05, 3.63) is 0 Å².